The molecule has 2 heterocycles. The van der Waals surface area contributed by atoms with Gasteiger partial charge in [-0.1, -0.05) is 17.8 Å². The van der Waals surface area contributed by atoms with Gasteiger partial charge >= 0.3 is 0 Å². The molecular weight excluding hydrogens is 385 g/mol. The van der Waals surface area contributed by atoms with Crippen molar-refractivity contribution in [1.29, 1.82) is 0 Å². The molecule has 2 aromatic heterocycles. The number of rotatable bonds is 7. The molecule has 27 heavy (non-hydrogen) atoms. The molecule has 3 aromatic rings. The molecule has 6 nitrogen and oxygen atoms in total. The van der Waals surface area contributed by atoms with E-state index < -0.39 is 5.25 Å². The highest BCUT2D eigenvalue weighted by Crippen LogP contribution is 2.28. The van der Waals surface area contributed by atoms with E-state index in [-0.39, 0.29) is 11.7 Å². The van der Waals surface area contributed by atoms with E-state index in [2.05, 4.69) is 27.1 Å². The number of carbonyl (C=O) groups is 1. The van der Waals surface area contributed by atoms with Crippen LogP contribution >= 0.6 is 23.1 Å². The van der Waals surface area contributed by atoms with Crippen LogP contribution in [0.3, 0.4) is 0 Å². The first-order valence-electron chi connectivity index (χ1n) is 8.17. The number of nitrogens with one attached hydrogen (secondary N) is 1. The quantitative estimate of drug-likeness (QED) is 0.474. The normalized spacial score (nSPS) is 12.0. The number of thiazole rings is 1. The molecule has 0 radical (unpaired) electrons. The van der Waals surface area contributed by atoms with Gasteiger partial charge in [0.2, 0.25) is 5.91 Å². The van der Waals surface area contributed by atoms with Crippen molar-refractivity contribution in [3.8, 4) is 11.4 Å². The maximum atomic E-state index is 13.2. The predicted molar refractivity (Wildman–Crippen MR) is 106 cm³/mol. The van der Waals surface area contributed by atoms with Crippen LogP contribution in [0.2, 0.25) is 0 Å². The molecule has 0 fully saturated rings. The van der Waals surface area contributed by atoms with Crippen molar-refractivity contribution in [2.24, 2.45) is 0 Å². The van der Waals surface area contributed by atoms with Crippen LogP contribution < -0.4 is 5.32 Å². The number of halogens is 1. The number of anilines is 1. The van der Waals surface area contributed by atoms with Gasteiger partial charge in [0.1, 0.15) is 5.82 Å². The van der Waals surface area contributed by atoms with Gasteiger partial charge in [-0.15, -0.1) is 28.1 Å². The number of hydrogen-bond donors (Lipinski definition) is 1. The Kier molecular flexibility index (Phi) is 6.02. The maximum absolute atomic E-state index is 13.2. The molecular formula is C18H18FN5OS2. The van der Waals surface area contributed by atoms with Crippen LogP contribution in [-0.4, -0.2) is 30.9 Å². The molecule has 3 rings (SSSR count). The van der Waals surface area contributed by atoms with Crippen molar-refractivity contribution in [3.05, 3.63) is 53.8 Å². The molecule has 0 aliphatic heterocycles. The van der Waals surface area contributed by atoms with Crippen molar-refractivity contribution < 1.29 is 9.18 Å². The number of carbonyl (C=O) groups excluding carboxylic acids is 1. The average molecular weight is 404 g/mol. The van der Waals surface area contributed by atoms with Crippen LogP contribution in [0.1, 0.15) is 12.6 Å². The summed E-state index contributed by atoms with van der Waals surface area (Å²) in [4.78, 5) is 16.7. The predicted octanol–water partition coefficient (Wildman–Crippen LogP) is 4.15. The van der Waals surface area contributed by atoms with E-state index in [1.807, 2.05) is 16.9 Å². The minimum absolute atomic E-state index is 0.161. The minimum Gasteiger partial charge on any atom is -0.301 e. The lowest BCUT2D eigenvalue weighted by atomic mass is 10.2. The summed E-state index contributed by atoms with van der Waals surface area (Å²) in [5.41, 5.74) is 1.61. The van der Waals surface area contributed by atoms with Crippen LogP contribution in [0.5, 0.6) is 0 Å². The SMILES string of the molecule is C=CCn1c(S[C@H](C)C(=O)Nc2nc(C)cs2)nnc1-c1ccc(F)cc1. The van der Waals surface area contributed by atoms with E-state index in [1.54, 1.807) is 25.1 Å². The number of benzene rings is 1. The lowest BCUT2D eigenvalue weighted by Gasteiger charge is -2.12. The largest absolute Gasteiger partial charge is 0.301 e. The number of aromatic nitrogens is 4. The third-order valence-corrected chi connectivity index (χ3v) is 5.59. The molecule has 0 saturated heterocycles. The average Bonchev–Trinajstić information content (AvgIpc) is 3.22. The van der Waals surface area contributed by atoms with Gasteiger partial charge in [0.25, 0.3) is 0 Å². The summed E-state index contributed by atoms with van der Waals surface area (Å²) in [5, 5.41) is 13.9. The molecule has 140 valence electrons. The Bertz CT molecular complexity index is 951. The molecule has 0 aliphatic rings. The Morgan fingerprint density at radius 1 is 1.41 bits per heavy atom. The zero-order valence-corrected chi connectivity index (χ0v) is 16.5. The molecule has 0 saturated carbocycles. The molecule has 1 aromatic carbocycles. The van der Waals surface area contributed by atoms with Crippen molar-refractivity contribution in [2.45, 2.75) is 30.8 Å². The van der Waals surface area contributed by atoms with E-state index in [0.717, 1.165) is 11.3 Å². The lowest BCUT2D eigenvalue weighted by Crippen LogP contribution is -2.22. The summed E-state index contributed by atoms with van der Waals surface area (Å²) >= 11 is 2.68. The number of nitrogens with zero attached hydrogens (tertiary/aromatic N) is 4. The zero-order valence-electron chi connectivity index (χ0n) is 14.8. The number of amides is 1. The summed E-state index contributed by atoms with van der Waals surface area (Å²) in [6.07, 6.45) is 1.73. The van der Waals surface area contributed by atoms with Crippen molar-refractivity contribution >= 4 is 34.1 Å². The third-order valence-electron chi connectivity index (χ3n) is 3.63. The fourth-order valence-corrected chi connectivity index (χ4v) is 3.86. The number of hydrogen-bond acceptors (Lipinski definition) is 6. The molecule has 0 unspecified atom stereocenters. The second-order valence-electron chi connectivity index (χ2n) is 5.76. The fraction of sp³-hybridized carbons (Fsp3) is 0.222. The lowest BCUT2D eigenvalue weighted by molar-refractivity contribution is -0.115. The summed E-state index contributed by atoms with van der Waals surface area (Å²) in [7, 11) is 0. The minimum atomic E-state index is -0.400. The van der Waals surface area contributed by atoms with Crippen LogP contribution in [-0.2, 0) is 11.3 Å². The van der Waals surface area contributed by atoms with Gasteiger partial charge in [-0.25, -0.2) is 9.37 Å². The molecule has 1 atom stereocenters. The van der Waals surface area contributed by atoms with Gasteiger partial charge in [0, 0.05) is 17.5 Å². The van der Waals surface area contributed by atoms with Crippen molar-refractivity contribution in [2.75, 3.05) is 5.32 Å². The highest BCUT2D eigenvalue weighted by molar-refractivity contribution is 8.00. The number of allylic oxidation sites excluding steroid dienone is 1. The van der Waals surface area contributed by atoms with E-state index in [0.29, 0.717) is 22.7 Å². The summed E-state index contributed by atoms with van der Waals surface area (Å²) in [5.74, 6) is 0.122. The van der Waals surface area contributed by atoms with Crippen molar-refractivity contribution in [1.82, 2.24) is 19.7 Å². The maximum Gasteiger partial charge on any atom is 0.239 e. The van der Waals surface area contributed by atoms with Gasteiger partial charge < -0.3 is 5.32 Å². The Morgan fingerprint density at radius 2 is 2.15 bits per heavy atom. The van der Waals surface area contributed by atoms with Crippen LogP contribution in [0.4, 0.5) is 9.52 Å². The number of thioether (sulfide) groups is 1. The van der Waals surface area contributed by atoms with Gasteiger partial charge in [-0.3, -0.25) is 9.36 Å². The second-order valence-corrected chi connectivity index (χ2v) is 7.92. The highest BCUT2D eigenvalue weighted by Gasteiger charge is 2.21. The molecule has 0 aliphatic carbocycles. The molecule has 0 bridgehead atoms. The Labute approximate surface area is 164 Å². The Hall–Kier alpha value is -2.52. The monoisotopic (exact) mass is 403 g/mol. The summed E-state index contributed by atoms with van der Waals surface area (Å²) in [6, 6.07) is 6.05. The van der Waals surface area contributed by atoms with E-state index >= 15 is 0 Å². The Morgan fingerprint density at radius 3 is 2.78 bits per heavy atom. The van der Waals surface area contributed by atoms with E-state index in [1.165, 1.54) is 35.2 Å². The standard InChI is InChI=1S/C18H18FN5OS2/c1-4-9-24-15(13-5-7-14(19)8-6-13)22-23-18(24)27-12(3)16(25)21-17-20-11(2)10-26-17/h4-8,10,12H,1,9H2,2-3H3,(H,20,21,25)/t12-/m1/s1. The van der Waals surface area contributed by atoms with Gasteiger partial charge in [0.05, 0.1) is 10.9 Å². The Balaban J connectivity index is 1.78. The van der Waals surface area contributed by atoms with E-state index in [9.17, 15) is 9.18 Å². The first kappa shape index (κ1) is 19.2. The molecule has 1 N–H and O–H groups in total. The van der Waals surface area contributed by atoms with Crippen LogP contribution in [0.15, 0.2) is 47.5 Å². The molecule has 1 amide bonds. The van der Waals surface area contributed by atoms with Crippen molar-refractivity contribution in [3.63, 3.8) is 0 Å². The molecule has 9 heteroatoms. The number of aryl methyl sites for hydroxylation is 1. The summed E-state index contributed by atoms with van der Waals surface area (Å²) in [6.45, 7) is 7.91. The topological polar surface area (TPSA) is 72.7 Å². The van der Waals surface area contributed by atoms with Crippen LogP contribution in [0, 0.1) is 12.7 Å². The van der Waals surface area contributed by atoms with Gasteiger partial charge in [0.15, 0.2) is 16.1 Å². The first-order chi connectivity index (χ1) is 13.0. The fourth-order valence-electron chi connectivity index (χ4n) is 2.31. The van der Waals surface area contributed by atoms with Crippen LogP contribution in [0.25, 0.3) is 11.4 Å². The summed E-state index contributed by atoms with van der Waals surface area (Å²) < 4.78 is 15.0. The molecule has 0 spiro atoms. The zero-order chi connectivity index (χ0) is 19.4. The van der Waals surface area contributed by atoms with Gasteiger partial charge in [-0.05, 0) is 38.1 Å². The van der Waals surface area contributed by atoms with Gasteiger partial charge in [-0.2, -0.15) is 0 Å². The highest BCUT2D eigenvalue weighted by atomic mass is 32.2. The second kappa shape index (κ2) is 8.45. The first-order valence-corrected chi connectivity index (χ1v) is 9.93. The van der Waals surface area contributed by atoms with E-state index in [4.69, 9.17) is 0 Å². The third kappa shape index (κ3) is 4.61. The smallest absolute Gasteiger partial charge is 0.239 e.